The first kappa shape index (κ1) is 27.9. The Kier molecular flexibility index (Phi) is 7.47. The van der Waals surface area contributed by atoms with Gasteiger partial charge in [0.15, 0.2) is 0 Å². The number of nitrogens with one attached hydrogen (secondary N) is 2. The monoisotopic (exact) mass is 564 g/mol. The largest absolute Gasteiger partial charge is 0.444 e. The Morgan fingerprint density at radius 1 is 1.05 bits per heavy atom. The van der Waals surface area contributed by atoms with Crippen LogP contribution in [0.3, 0.4) is 0 Å². The first-order valence-electron chi connectivity index (χ1n) is 15.1. The first-order chi connectivity index (χ1) is 20.2. The fraction of sp³-hybridized carbons (Fsp3) is 0.412. The highest BCUT2D eigenvalue weighted by Gasteiger charge is 2.34. The third-order valence-corrected chi connectivity index (χ3v) is 8.08. The molecule has 8 nitrogen and oxygen atoms in total. The van der Waals surface area contributed by atoms with Crippen molar-refractivity contribution >= 4 is 27.9 Å². The molecule has 4 heterocycles. The van der Waals surface area contributed by atoms with Gasteiger partial charge in [-0.1, -0.05) is 44.9 Å². The van der Waals surface area contributed by atoms with E-state index < -0.39 is 5.60 Å². The maximum atomic E-state index is 12.8. The normalized spacial score (nSPS) is 16.4. The lowest BCUT2D eigenvalue weighted by atomic mass is 10.0. The van der Waals surface area contributed by atoms with Gasteiger partial charge in [0.1, 0.15) is 17.2 Å². The molecular weight excluding hydrogens is 524 g/mol. The fourth-order valence-electron chi connectivity index (χ4n) is 5.78. The zero-order valence-corrected chi connectivity index (χ0v) is 25.2. The summed E-state index contributed by atoms with van der Waals surface area (Å²) in [5.74, 6) is 2.27. The minimum absolute atomic E-state index is 0.110. The van der Waals surface area contributed by atoms with E-state index in [1.54, 1.807) is 4.90 Å². The van der Waals surface area contributed by atoms with E-state index in [0.29, 0.717) is 12.5 Å². The van der Waals surface area contributed by atoms with Crippen LogP contribution in [0.5, 0.6) is 0 Å². The van der Waals surface area contributed by atoms with E-state index in [9.17, 15) is 4.79 Å². The number of fused-ring (bicyclic) bond motifs is 2. The van der Waals surface area contributed by atoms with Crippen LogP contribution in [0.15, 0.2) is 54.9 Å². The van der Waals surface area contributed by atoms with Gasteiger partial charge < -0.3 is 14.7 Å². The molecule has 8 heteroatoms. The molecule has 2 N–H and O–H groups in total. The molecule has 1 amide bonds. The summed E-state index contributed by atoms with van der Waals surface area (Å²) in [5, 5.41) is 2.17. The molecule has 1 aliphatic rings. The van der Waals surface area contributed by atoms with Gasteiger partial charge in [-0.25, -0.2) is 14.8 Å². The molecule has 0 aliphatic carbocycles. The van der Waals surface area contributed by atoms with Crippen molar-refractivity contribution in [3.8, 4) is 22.5 Å². The van der Waals surface area contributed by atoms with E-state index in [1.807, 2.05) is 33.2 Å². The van der Waals surface area contributed by atoms with Crippen LogP contribution in [-0.4, -0.2) is 48.1 Å². The summed E-state index contributed by atoms with van der Waals surface area (Å²) in [6.07, 6.45) is 8.83. The van der Waals surface area contributed by atoms with Crippen molar-refractivity contribution in [1.29, 1.82) is 0 Å². The quantitative estimate of drug-likeness (QED) is 0.206. The number of ether oxygens (including phenoxy) is 1. The maximum absolute atomic E-state index is 12.8. The average molecular weight is 565 g/mol. The van der Waals surface area contributed by atoms with Gasteiger partial charge in [0.2, 0.25) is 0 Å². The number of hydrogen-bond acceptors (Lipinski definition) is 5. The molecule has 1 aliphatic heterocycles. The Hall–Kier alpha value is -4.20. The molecule has 0 spiro atoms. The molecule has 1 saturated heterocycles. The Labute approximate surface area is 246 Å². The van der Waals surface area contributed by atoms with Gasteiger partial charge in [0, 0.05) is 35.2 Å². The van der Waals surface area contributed by atoms with E-state index in [4.69, 9.17) is 14.7 Å². The third kappa shape index (κ3) is 5.75. The molecule has 3 aromatic heterocycles. The molecule has 0 saturated carbocycles. The Balaban J connectivity index is 1.21. The Morgan fingerprint density at radius 2 is 1.88 bits per heavy atom. The predicted octanol–water partition coefficient (Wildman–Crippen LogP) is 8.53. The van der Waals surface area contributed by atoms with Crippen LogP contribution in [0.2, 0.25) is 0 Å². The molecule has 0 bridgehead atoms. The van der Waals surface area contributed by atoms with Gasteiger partial charge in [0.25, 0.3) is 0 Å². The second kappa shape index (κ2) is 11.2. The van der Waals surface area contributed by atoms with Crippen molar-refractivity contribution in [3.63, 3.8) is 0 Å². The van der Waals surface area contributed by atoms with Crippen molar-refractivity contribution in [2.24, 2.45) is 0 Å². The number of nitrogens with zero attached hydrogens (tertiary/aromatic N) is 4. The minimum atomic E-state index is -0.528. The van der Waals surface area contributed by atoms with E-state index >= 15 is 0 Å². The smallest absolute Gasteiger partial charge is 0.410 e. The van der Waals surface area contributed by atoms with Crippen LogP contribution >= 0.6 is 0 Å². The summed E-state index contributed by atoms with van der Waals surface area (Å²) >= 11 is 0. The zero-order chi connectivity index (χ0) is 29.4. The van der Waals surface area contributed by atoms with E-state index in [1.165, 1.54) is 12.8 Å². The van der Waals surface area contributed by atoms with Crippen LogP contribution < -0.4 is 0 Å². The molecule has 0 unspecified atom stereocenters. The number of hydrogen-bond donors (Lipinski definition) is 2. The lowest BCUT2D eigenvalue weighted by molar-refractivity contribution is 0.0218. The summed E-state index contributed by atoms with van der Waals surface area (Å²) in [7, 11) is 0. The molecule has 2 atom stereocenters. The zero-order valence-electron chi connectivity index (χ0n) is 25.2. The lowest BCUT2D eigenvalue weighted by Gasteiger charge is -2.27. The molecule has 5 aromatic rings. The third-order valence-electron chi connectivity index (χ3n) is 8.08. The summed E-state index contributed by atoms with van der Waals surface area (Å²) in [4.78, 5) is 35.9. The summed E-state index contributed by atoms with van der Waals surface area (Å²) in [6.45, 7) is 10.8. The number of aromatic amines is 2. The number of rotatable bonds is 7. The summed E-state index contributed by atoms with van der Waals surface area (Å²) < 4.78 is 5.63. The molecule has 0 radical (unpaired) electrons. The van der Waals surface area contributed by atoms with Crippen LogP contribution in [0.1, 0.15) is 90.3 Å². The summed E-state index contributed by atoms with van der Waals surface area (Å²) in [6, 6.07) is 14.7. The number of imidazole rings is 2. The summed E-state index contributed by atoms with van der Waals surface area (Å²) in [5.41, 5.74) is 5.45. The number of likely N-dealkylation sites (tertiary alicyclic amines) is 1. The van der Waals surface area contributed by atoms with Gasteiger partial charge >= 0.3 is 6.09 Å². The highest BCUT2D eigenvalue weighted by atomic mass is 16.6. The van der Waals surface area contributed by atoms with Crippen molar-refractivity contribution in [1.82, 2.24) is 29.8 Å². The standard InChI is InChI=1S/C34H40N6O2/c1-6-7-9-21(2)31-37-26-14-13-24(18-28(26)38-31)27-17-22-11-12-23(16-25(22)19-35-27)29-20-36-32(39-29)30-10-8-15-40(30)33(41)42-34(3,4)5/h11-14,16-21,30H,6-10,15H2,1-5H3,(H,36,39)(H,37,38)/t21-,30-/m0/s1. The number of pyridine rings is 1. The highest BCUT2D eigenvalue weighted by Crippen LogP contribution is 2.34. The highest BCUT2D eigenvalue weighted by molar-refractivity contribution is 5.90. The molecule has 218 valence electrons. The van der Waals surface area contributed by atoms with Crippen LogP contribution in [0, 0.1) is 0 Å². The molecule has 2 aromatic carbocycles. The van der Waals surface area contributed by atoms with Crippen molar-refractivity contribution in [2.45, 2.75) is 84.3 Å². The van der Waals surface area contributed by atoms with E-state index in [-0.39, 0.29) is 12.1 Å². The first-order valence-corrected chi connectivity index (χ1v) is 15.1. The molecule has 6 rings (SSSR count). The minimum Gasteiger partial charge on any atom is -0.444 e. The molecule has 42 heavy (non-hydrogen) atoms. The van der Waals surface area contributed by atoms with Crippen LogP contribution in [0.25, 0.3) is 44.3 Å². The van der Waals surface area contributed by atoms with E-state index in [0.717, 1.165) is 75.2 Å². The second-order valence-corrected chi connectivity index (χ2v) is 12.5. The second-order valence-electron chi connectivity index (χ2n) is 12.5. The maximum Gasteiger partial charge on any atom is 0.410 e. The number of unbranched alkanes of at least 4 members (excludes halogenated alkanes) is 1. The Bertz CT molecular complexity index is 1730. The number of benzene rings is 2. The number of aromatic nitrogens is 5. The van der Waals surface area contributed by atoms with Crippen LogP contribution in [-0.2, 0) is 4.74 Å². The molecular formula is C34H40N6O2. The Morgan fingerprint density at radius 3 is 2.69 bits per heavy atom. The average Bonchev–Trinajstić information content (AvgIpc) is 3.73. The topological polar surface area (TPSA) is 99.8 Å². The van der Waals surface area contributed by atoms with Crippen LogP contribution in [0.4, 0.5) is 4.79 Å². The van der Waals surface area contributed by atoms with Gasteiger partial charge in [-0.15, -0.1) is 0 Å². The molecule has 1 fully saturated rings. The van der Waals surface area contributed by atoms with Crippen molar-refractivity contribution in [3.05, 3.63) is 66.5 Å². The predicted molar refractivity (Wildman–Crippen MR) is 167 cm³/mol. The van der Waals surface area contributed by atoms with Crippen molar-refractivity contribution < 1.29 is 9.53 Å². The number of carbonyl (C=O) groups is 1. The SMILES string of the molecule is CCCC[C@H](C)c1nc2ccc(-c3cc4ccc(-c5cnc([C@@H]6CCCN6C(=O)OC(C)(C)C)[nH]5)cc4cn3)cc2[nH]1. The fourth-order valence-corrected chi connectivity index (χ4v) is 5.78. The number of amides is 1. The van der Waals surface area contributed by atoms with Gasteiger partial charge in [-0.05, 0) is 69.7 Å². The lowest BCUT2D eigenvalue weighted by Crippen LogP contribution is -2.36. The number of carbonyl (C=O) groups excluding carboxylic acids is 1. The van der Waals surface area contributed by atoms with Crippen molar-refractivity contribution in [2.75, 3.05) is 6.54 Å². The number of H-pyrrole nitrogens is 2. The van der Waals surface area contributed by atoms with Gasteiger partial charge in [-0.3, -0.25) is 9.88 Å². The van der Waals surface area contributed by atoms with Gasteiger partial charge in [0.05, 0.1) is 34.7 Å². The van der Waals surface area contributed by atoms with Gasteiger partial charge in [-0.2, -0.15) is 0 Å². The van der Waals surface area contributed by atoms with E-state index in [2.05, 4.69) is 71.3 Å².